The van der Waals surface area contributed by atoms with Gasteiger partial charge in [-0.25, -0.2) is 4.90 Å². The molecule has 9 heteroatoms. The standard InChI is InChI=1S/C40H51N5O3S/c1-2-3-4-5-6-7-8-9-10-11-12-13-14-15-16-24-31-48-36-30-23-22-29-35(36)44-38(46)34-28-21-20-27-33(34)37(39(44)47)49-40-41-42-43-45(40)32-25-18-17-19-26-32/h17-23,25-30,37H,2-16,24,31H2,1H3/t37-/m0/s1. The Morgan fingerprint density at radius 1 is 0.673 bits per heavy atom. The van der Waals surface area contributed by atoms with Crippen LogP contribution >= 0.6 is 11.8 Å². The van der Waals surface area contributed by atoms with E-state index >= 15 is 0 Å². The molecule has 0 radical (unpaired) electrons. The van der Waals surface area contributed by atoms with Gasteiger partial charge in [-0.3, -0.25) is 9.59 Å². The van der Waals surface area contributed by atoms with Gasteiger partial charge in [0.15, 0.2) is 0 Å². The molecule has 0 bridgehead atoms. The van der Waals surface area contributed by atoms with E-state index in [9.17, 15) is 9.59 Å². The van der Waals surface area contributed by atoms with Gasteiger partial charge in [0, 0.05) is 5.56 Å². The van der Waals surface area contributed by atoms with Crippen molar-refractivity contribution in [3.05, 3.63) is 90.0 Å². The maximum atomic E-state index is 14.2. The monoisotopic (exact) mass is 681 g/mol. The Kier molecular flexibility index (Phi) is 14.7. The van der Waals surface area contributed by atoms with Crippen LogP contribution in [0.25, 0.3) is 5.69 Å². The number of fused-ring (bicyclic) bond motifs is 1. The van der Waals surface area contributed by atoms with E-state index in [2.05, 4.69) is 22.4 Å². The SMILES string of the molecule is CCCCCCCCCCCCCCCCCCOc1ccccc1N1C(=O)c2ccccc2[C@H](Sc2nnnn2-c2ccccc2)C1=O. The number of rotatable bonds is 22. The van der Waals surface area contributed by atoms with Gasteiger partial charge in [0.2, 0.25) is 5.16 Å². The molecule has 8 nitrogen and oxygen atoms in total. The molecule has 260 valence electrons. The van der Waals surface area contributed by atoms with Crippen molar-refractivity contribution < 1.29 is 14.3 Å². The number of unbranched alkanes of at least 4 members (excludes halogenated alkanes) is 15. The molecule has 1 aliphatic heterocycles. The van der Waals surface area contributed by atoms with E-state index < -0.39 is 5.25 Å². The summed E-state index contributed by atoms with van der Waals surface area (Å²) >= 11 is 1.23. The average molecular weight is 682 g/mol. The second-order valence-corrected chi connectivity index (χ2v) is 14.0. The van der Waals surface area contributed by atoms with Crippen LogP contribution in [0.15, 0.2) is 84.0 Å². The highest BCUT2D eigenvalue weighted by Crippen LogP contribution is 2.44. The quantitative estimate of drug-likeness (QED) is 0.0602. The molecule has 5 rings (SSSR count). The summed E-state index contributed by atoms with van der Waals surface area (Å²) in [6.45, 7) is 2.81. The number of carbonyl (C=O) groups excluding carboxylic acids is 2. The van der Waals surface area contributed by atoms with Crippen LogP contribution in [0.1, 0.15) is 131 Å². The number of amides is 2. The maximum Gasteiger partial charge on any atom is 0.265 e. The summed E-state index contributed by atoms with van der Waals surface area (Å²) < 4.78 is 7.83. The number of thioether (sulfide) groups is 1. The molecule has 0 N–H and O–H groups in total. The minimum Gasteiger partial charge on any atom is -0.491 e. The molecule has 0 aliphatic carbocycles. The van der Waals surface area contributed by atoms with E-state index in [1.165, 1.54) is 107 Å². The average Bonchev–Trinajstić information content (AvgIpc) is 3.61. The van der Waals surface area contributed by atoms with Crippen LogP contribution in [0, 0.1) is 0 Å². The minimum absolute atomic E-state index is 0.352. The predicted molar refractivity (Wildman–Crippen MR) is 197 cm³/mol. The lowest BCUT2D eigenvalue weighted by atomic mass is 9.97. The Balaban J connectivity index is 1.10. The highest BCUT2D eigenvalue weighted by molar-refractivity contribution is 8.00. The summed E-state index contributed by atoms with van der Waals surface area (Å²) in [4.78, 5) is 29.3. The fourth-order valence-corrected chi connectivity index (χ4v) is 7.49. The van der Waals surface area contributed by atoms with Gasteiger partial charge in [0.05, 0.1) is 18.0 Å². The van der Waals surface area contributed by atoms with Crippen LogP contribution in [-0.2, 0) is 4.79 Å². The molecule has 0 unspecified atom stereocenters. The van der Waals surface area contributed by atoms with Crippen molar-refractivity contribution in [1.29, 1.82) is 0 Å². The van der Waals surface area contributed by atoms with Crippen molar-refractivity contribution in [3.8, 4) is 11.4 Å². The number of hydrogen-bond donors (Lipinski definition) is 0. The molecule has 49 heavy (non-hydrogen) atoms. The van der Waals surface area contributed by atoms with Crippen molar-refractivity contribution in [2.75, 3.05) is 11.5 Å². The van der Waals surface area contributed by atoms with Crippen LogP contribution in [0.4, 0.5) is 5.69 Å². The molecule has 4 aromatic rings. The van der Waals surface area contributed by atoms with Gasteiger partial charge in [-0.15, -0.1) is 5.10 Å². The second-order valence-electron chi connectivity index (χ2n) is 12.9. The largest absolute Gasteiger partial charge is 0.491 e. The third-order valence-electron chi connectivity index (χ3n) is 9.15. The van der Waals surface area contributed by atoms with Crippen LogP contribution in [0.2, 0.25) is 0 Å². The first-order chi connectivity index (χ1) is 24.2. The fourth-order valence-electron chi connectivity index (χ4n) is 6.42. The molecular weight excluding hydrogens is 631 g/mol. The summed E-state index contributed by atoms with van der Waals surface area (Å²) in [5, 5.41) is 12.0. The number of aromatic nitrogens is 4. The summed E-state index contributed by atoms with van der Waals surface area (Å²) in [5.41, 5.74) is 2.36. The number of tetrazole rings is 1. The van der Waals surface area contributed by atoms with Crippen molar-refractivity contribution in [1.82, 2.24) is 20.2 Å². The summed E-state index contributed by atoms with van der Waals surface area (Å²) in [7, 11) is 0. The van der Waals surface area contributed by atoms with Crippen molar-refractivity contribution in [2.45, 2.75) is 120 Å². The lowest BCUT2D eigenvalue weighted by Gasteiger charge is -2.32. The summed E-state index contributed by atoms with van der Waals surface area (Å²) in [6.07, 6.45) is 21.0. The molecule has 0 fully saturated rings. The Morgan fingerprint density at radius 2 is 1.24 bits per heavy atom. The van der Waals surface area contributed by atoms with Gasteiger partial charge in [-0.05, 0) is 52.7 Å². The molecule has 3 aromatic carbocycles. The molecule has 2 amide bonds. The Labute approximate surface area is 296 Å². The number of hydrogen-bond acceptors (Lipinski definition) is 7. The van der Waals surface area contributed by atoms with E-state index in [0.717, 1.165) is 18.5 Å². The first-order valence-electron chi connectivity index (χ1n) is 18.4. The number of carbonyl (C=O) groups is 2. The van der Waals surface area contributed by atoms with Gasteiger partial charge in [0.1, 0.15) is 11.0 Å². The molecule has 0 spiro atoms. The van der Waals surface area contributed by atoms with Gasteiger partial charge < -0.3 is 4.74 Å². The number of para-hydroxylation sites is 3. The summed E-state index contributed by atoms with van der Waals surface area (Å²) in [5.74, 6) is -0.184. The van der Waals surface area contributed by atoms with E-state index in [4.69, 9.17) is 4.74 Å². The number of nitrogens with zero attached hydrogens (tertiary/aromatic N) is 5. The zero-order chi connectivity index (χ0) is 34.1. The third kappa shape index (κ3) is 10.3. The van der Waals surface area contributed by atoms with Crippen molar-refractivity contribution >= 4 is 29.3 Å². The van der Waals surface area contributed by atoms with Crippen molar-refractivity contribution in [3.63, 3.8) is 0 Å². The molecule has 1 aliphatic rings. The lowest BCUT2D eigenvalue weighted by molar-refractivity contribution is -0.117. The first kappa shape index (κ1) is 36.3. The van der Waals surface area contributed by atoms with E-state index in [0.29, 0.717) is 34.3 Å². The number of ether oxygens (including phenoxy) is 1. The second kappa shape index (κ2) is 19.9. The zero-order valence-corrected chi connectivity index (χ0v) is 29.8. The van der Waals surface area contributed by atoms with Gasteiger partial charge in [-0.2, -0.15) is 4.68 Å². The maximum absolute atomic E-state index is 14.2. The van der Waals surface area contributed by atoms with Crippen LogP contribution in [0.5, 0.6) is 5.75 Å². The summed E-state index contributed by atoms with van der Waals surface area (Å²) in [6, 6.07) is 24.1. The zero-order valence-electron chi connectivity index (χ0n) is 29.0. The van der Waals surface area contributed by atoms with Crippen LogP contribution in [-0.4, -0.2) is 38.6 Å². The highest BCUT2D eigenvalue weighted by Gasteiger charge is 2.42. The minimum atomic E-state index is -0.726. The van der Waals surface area contributed by atoms with E-state index in [1.807, 2.05) is 66.7 Å². The fraction of sp³-hybridized carbons (Fsp3) is 0.475. The number of benzene rings is 3. The van der Waals surface area contributed by atoms with Gasteiger partial charge >= 0.3 is 0 Å². The Bertz CT molecular complexity index is 1590. The van der Waals surface area contributed by atoms with Gasteiger partial charge in [0.25, 0.3) is 11.8 Å². The molecule has 0 saturated carbocycles. The lowest BCUT2D eigenvalue weighted by Crippen LogP contribution is -2.44. The van der Waals surface area contributed by atoms with Crippen molar-refractivity contribution in [2.24, 2.45) is 0 Å². The topological polar surface area (TPSA) is 90.2 Å². The molecule has 1 aromatic heterocycles. The highest BCUT2D eigenvalue weighted by atomic mass is 32.2. The number of anilines is 1. The molecular formula is C40H51N5O3S. The number of imide groups is 1. The van der Waals surface area contributed by atoms with Crippen LogP contribution in [0.3, 0.4) is 0 Å². The predicted octanol–water partition coefficient (Wildman–Crippen LogP) is 10.3. The first-order valence-corrected chi connectivity index (χ1v) is 19.3. The smallest absolute Gasteiger partial charge is 0.265 e. The van der Waals surface area contributed by atoms with Gasteiger partial charge in [-0.1, -0.05) is 164 Å². The molecule has 2 heterocycles. The van der Waals surface area contributed by atoms with E-state index in [1.54, 1.807) is 16.8 Å². The molecule has 0 saturated heterocycles. The Hall–Kier alpha value is -3.98. The van der Waals surface area contributed by atoms with E-state index in [-0.39, 0.29) is 11.8 Å². The Morgan fingerprint density at radius 3 is 1.92 bits per heavy atom. The van der Waals surface area contributed by atoms with Crippen LogP contribution < -0.4 is 9.64 Å². The third-order valence-corrected chi connectivity index (χ3v) is 10.3. The molecule has 1 atom stereocenters. The normalized spacial score (nSPS) is 14.3.